The number of hydrogen-bond acceptors (Lipinski definition) is 3. The van der Waals surface area contributed by atoms with Gasteiger partial charge in [-0.1, -0.05) is 0 Å². The van der Waals surface area contributed by atoms with Gasteiger partial charge in [0.25, 0.3) is 0 Å². The monoisotopic (exact) mass is 276 g/mol. The number of H-pyrrole nitrogens is 1. The van der Waals surface area contributed by atoms with Crippen LogP contribution in [0.3, 0.4) is 0 Å². The van der Waals surface area contributed by atoms with Gasteiger partial charge in [-0.25, -0.2) is 4.79 Å². The van der Waals surface area contributed by atoms with Crippen LogP contribution in [0.4, 0.5) is 5.69 Å². The van der Waals surface area contributed by atoms with Crippen LogP contribution in [0.5, 0.6) is 0 Å². The summed E-state index contributed by atoms with van der Waals surface area (Å²) in [6.07, 6.45) is 4.94. The molecule has 0 aromatic carbocycles. The van der Waals surface area contributed by atoms with Gasteiger partial charge in [-0.3, -0.25) is 4.79 Å². The van der Waals surface area contributed by atoms with Gasteiger partial charge < -0.3 is 15.0 Å². The molecule has 0 aliphatic heterocycles. The number of hydrogen-bond donors (Lipinski definition) is 2. The van der Waals surface area contributed by atoms with E-state index in [4.69, 9.17) is 4.74 Å². The Labute approximate surface area is 118 Å². The zero-order valence-corrected chi connectivity index (χ0v) is 11.9. The van der Waals surface area contributed by atoms with Crippen molar-refractivity contribution >= 4 is 17.6 Å². The lowest BCUT2D eigenvalue weighted by Crippen LogP contribution is -2.22. The van der Waals surface area contributed by atoms with E-state index in [-0.39, 0.29) is 11.8 Å². The Hall–Kier alpha value is -1.78. The number of nitrogens with one attached hydrogen (secondary N) is 2. The minimum atomic E-state index is -0.393. The van der Waals surface area contributed by atoms with Gasteiger partial charge in [-0.15, -0.1) is 0 Å². The second-order valence-electron chi connectivity index (χ2n) is 5.84. The van der Waals surface area contributed by atoms with E-state index in [1.54, 1.807) is 20.0 Å². The van der Waals surface area contributed by atoms with Crippen molar-refractivity contribution in [2.24, 2.45) is 17.8 Å². The first kappa shape index (κ1) is 13.2. The van der Waals surface area contributed by atoms with Crippen LogP contribution in [0.2, 0.25) is 0 Å². The maximum absolute atomic E-state index is 12.2. The number of aromatic amines is 1. The average Bonchev–Trinajstić information content (AvgIpc) is 2.84. The molecule has 108 valence electrons. The predicted octanol–water partition coefficient (Wildman–Crippen LogP) is 2.48. The van der Waals surface area contributed by atoms with Crippen LogP contribution in [0.25, 0.3) is 0 Å². The van der Waals surface area contributed by atoms with Crippen LogP contribution in [0.15, 0.2) is 6.20 Å². The quantitative estimate of drug-likeness (QED) is 0.830. The molecule has 2 aliphatic rings. The summed E-state index contributed by atoms with van der Waals surface area (Å²) in [5.74, 6) is 1.27. The molecule has 2 N–H and O–H groups in total. The highest BCUT2D eigenvalue weighted by Crippen LogP contribution is 2.54. The Balaban J connectivity index is 1.70. The van der Waals surface area contributed by atoms with E-state index in [1.807, 2.05) is 0 Å². The normalized spacial score (nSPS) is 27.0. The van der Waals surface area contributed by atoms with Gasteiger partial charge >= 0.3 is 5.97 Å². The first-order valence-electron chi connectivity index (χ1n) is 7.26. The molecule has 0 bridgehead atoms. The zero-order chi connectivity index (χ0) is 14.3. The van der Waals surface area contributed by atoms with Crippen LogP contribution in [0, 0.1) is 24.7 Å². The third-order valence-electron chi connectivity index (χ3n) is 4.43. The Morgan fingerprint density at radius 1 is 1.35 bits per heavy atom. The van der Waals surface area contributed by atoms with E-state index in [0.29, 0.717) is 23.6 Å². The van der Waals surface area contributed by atoms with Crippen molar-refractivity contribution in [1.82, 2.24) is 4.98 Å². The number of carbonyl (C=O) groups excluding carboxylic acids is 2. The lowest BCUT2D eigenvalue weighted by molar-refractivity contribution is -0.120. The molecule has 2 atom stereocenters. The highest BCUT2D eigenvalue weighted by Gasteiger charge is 2.48. The third kappa shape index (κ3) is 2.32. The van der Waals surface area contributed by atoms with Gasteiger partial charge in [0.05, 0.1) is 12.3 Å². The summed E-state index contributed by atoms with van der Waals surface area (Å²) >= 11 is 0. The van der Waals surface area contributed by atoms with Crippen molar-refractivity contribution in [2.45, 2.75) is 33.1 Å². The molecule has 5 nitrogen and oxygen atoms in total. The lowest BCUT2D eigenvalue weighted by atomic mass is 10.0. The molecule has 3 rings (SSSR count). The topological polar surface area (TPSA) is 71.2 Å². The molecule has 2 fully saturated rings. The minimum absolute atomic E-state index is 0.0294. The molecule has 1 aromatic rings. The van der Waals surface area contributed by atoms with E-state index in [0.717, 1.165) is 24.7 Å². The fraction of sp³-hybridized carbons (Fsp3) is 0.600. The molecule has 1 amide bonds. The van der Waals surface area contributed by atoms with E-state index >= 15 is 0 Å². The summed E-state index contributed by atoms with van der Waals surface area (Å²) in [5.41, 5.74) is 1.68. The standard InChI is InChI=1S/C15H20N2O3/c1-3-20-15(19)13-8(2)16-7-12(13)17-14(18)11-5-9-4-10(9)6-11/h7,9-11,16H,3-6H2,1-2H3,(H,17,18). The van der Waals surface area contributed by atoms with Crippen LogP contribution in [-0.2, 0) is 9.53 Å². The summed E-state index contributed by atoms with van der Waals surface area (Å²) in [6, 6.07) is 0. The van der Waals surface area contributed by atoms with Crippen LogP contribution < -0.4 is 5.32 Å². The van der Waals surface area contributed by atoms with Gasteiger partial charge in [0.2, 0.25) is 5.91 Å². The molecule has 0 saturated heterocycles. The molecule has 2 saturated carbocycles. The average molecular weight is 276 g/mol. The zero-order valence-electron chi connectivity index (χ0n) is 11.9. The summed E-state index contributed by atoms with van der Waals surface area (Å²) < 4.78 is 5.03. The van der Waals surface area contributed by atoms with Crippen molar-refractivity contribution in [1.29, 1.82) is 0 Å². The molecule has 2 unspecified atom stereocenters. The molecule has 0 radical (unpaired) electrons. The number of carbonyl (C=O) groups is 2. The fourth-order valence-corrected chi connectivity index (χ4v) is 3.26. The van der Waals surface area contributed by atoms with Crippen molar-refractivity contribution in [3.8, 4) is 0 Å². The molecule has 2 aliphatic carbocycles. The maximum atomic E-state index is 12.2. The molecule has 0 spiro atoms. The van der Waals surface area contributed by atoms with E-state index in [1.165, 1.54) is 6.42 Å². The number of rotatable bonds is 4. The highest BCUT2D eigenvalue weighted by molar-refractivity contribution is 6.02. The summed E-state index contributed by atoms with van der Waals surface area (Å²) in [7, 11) is 0. The molecule has 20 heavy (non-hydrogen) atoms. The Kier molecular flexibility index (Phi) is 3.28. The van der Waals surface area contributed by atoms with Crippen molar-refractivity contribution < 1.29 is 14.3 Å². The number of amides is 1. The SMILES string of the molecule is CCOC(=O)c1c(NC(=O)C2CC3CC3C2)c[nH]c1C. The smallest absolute Gasteiger partial charge is 0.342 e. The van der Waals surface area contributed by atoms with Crippen LogP contribution in [0.1, 0.15) is 42.2 Å². The number of ether oxygens (including phenoxy) is 1. The van der Waals surface area contributed by atoms with E-state index in [2.05, 4.69) is 10.3 Å². The van der Waals surface area contributed by atoms with Crippen molar-refractivity contribution in [3.05, 3.63) is 17.5 Å². The number of esters is 1. The third-order valence-corrected chi connectivity index (χ3v) is 4.43. The molecule has 1 aromatic heterocycles. The second kappa shape index (κ2) is 4.96. The van der Waals surface area contributed by atoms with Crippen molar-refractivity contribution in [2.75, 3.05) is 11.9 Å². The van der Waals surface area contributed by atoms with Gasteiger partial charge in [0.1, 0.15) is 5.56 Å². The van der Waals surface area contributed by atoms with Gasteiger partial charge in [0, 0.05) is 17.8 Å². The Morgan fingerprint density at radius 2 is 2.05 bits per heavy atom. The van der Waals surface area contributed by atoms with Gasteiger partial charge in [0.15, 0.2) is 0 Å². The van der Waals surface area contributed by atoms with Crippen LogP contribution >= 0.6 is 0 Å². The molecule has 5 heteroatoms. The van der Waals surface area contributed by atoms with E-state index in [9.17, 15) is 9.59 Å². The second-order valence-corrected chi connectivity index (χ2v) is 5.84. The maximum Gasteiger partial charge on any atom is 0.342 e. The number of anilines is 1. The Morgan fingerprint density at radius 3 is 2.70 bits per heavy atom. The van der Waals surface area contributed by atoms with Crippen molar-refractivity contribution in [3.63, 3.8) is 0 Å². The summed E-state index contributed by atoms with van der Waals surface area (Å²) in [6.45, 7) is 3.89. The van der Waals surface area contributed by atoms with Crippen LogP contribution in [-0.4, -0.2) is 23.5 Å². The van der Waals surface area contributed by atoms with Gasteiger partial charge in [-0.05, 0) is 44.9 Å². The largest absolute Gasteiger partial charge is 0.462 e. The first-order chi connectivity index (χ1) is 9.60. The number of aromatic nitrogens is 1. The van der Waals surface area contributed by atoms with Gasteiger partial charge in [-0.2, -0.15) is 0 Å². The fourth-order valence-electron chi connectivity index (χ4n) is 3.26. The first-order valence-corrected chi connectivity index (χ1v) is 7.26. The molecule has 1 heterocycles. The molecular formula is C15H20N2O3. The number of aryl methyl sites for hydroxylation is 1. The minimum Gasteiger partial charge on any atom is -0.462 e. The summed E-state index contributed by atoms with van der Waals surface area (Å²) in [4.78, 5) is 27.1. The number of fused-ring (bicyclic) bond motifs is 1. The molecular weight excluding hydrogens is 256 g/mol. The van der Waals surface area contributed by atoms with E-state index < -0.39 is 5.97 Å². The predicted molar refractivity (Wildman–Crippen MR) is 74.4 cm³/mol. The lowest BCUT2D eigenvalue weighted by Gasteiger charge is -2.12. The Bertz CT molecular complexity index is 539. The summed E-state index contributed by atoms with van der Waals surface area (Å²) in [5, 5.41) is 2.88. The highest BCUT2D eigenvalue weighted by atomic mass is 16.5.